The van der Waals surface area contributed by atoms with Crippen LogP contribution in [0.25, 0.3) is 0 Å². The van der Waals surface area contributed by atoms with E-state index in [0.717, 1.165) is 33.4 Å². The fourth-order valence-corrected chi connectivity index (χ4v) is 10.8. The molecule has 6 aromatic carbocycles. The predicted molar refractivity (Wildman–Crippen MR) is 239 cm³/mol. The fourth-order valence-electron chi connectivity index (χ4n) is 7.21. The van der Waals surface area contributed by atoms with Crippen molar-refractivity contribution in [1.29, 1.82) is 0 Å². The van der Waals surface area contributed by atoms with Crippen LogP contribution in [0, 0.1) is 0 Å². The van der Waals surface area contributed by atoms with Gasteiger partial charge in [0.1, 0.15) is 15.9 Å². The second-order valence-electron chi connectivity index (χ2n) is 13.3. The van der Waals surface area contributed by atoms with Gasteiger partial charge in [0.25, 0.3) is 6.49 Å². The number of hydrogen-bond donors (Lipinski definition) is 2. The lowest BCUT2D eigenvalue weighted by Gasteiger charge is -2.37. The molecule has 294 valence electrons. The minimum absolute atomic E-state index is 0.171. The molecule has 7 aromatic rings. The molecule has 1 atom stereocenters. The number of anilines is 1. The van der Waals surface area contributed by atoms with Crippen molar-refractivity contribution in [3.8, 4) is 0 Å². The Balaban J connectivity index is 1.39. The number of carbonyl (C=O) groups is 1. The van der Waals surface area contributed by atoms with Crippen LogP contribution in [0.2, 0.25) is 4.34 Å². The number of carbonyl (C=O) groups excluding carboxylic acids is 1. The number of hydroxylamine groups is 1. The Morgan fingerprint density at radius 3 is 1.33 bits per heavy atom. The highest BCUT2D eigenvalue weighted by Crippen LogP contribution is 2.54. The van der Waals surface area contributed by atoms with Crippen LogP contribution in [-0.4, -0.2) is 23.7 Å². The van der Waals surface area contributed by atoms with Gasteiger partial charge in [-0.25, -0.2) is 4.98 Å². The molecule has 7 rings (SSSR count). The molecule has 0 radical (unpaired) electrons. The Bertz CT molecular complexity index is 2220. The monoisotopic (exact) mass is 843 g/mol. The molecule has 0 aliphatic rings. The minimum atomic E-state index is -3.59. The van der Waals surface area contributed by atoms with Crippen LogP contribution in [-0.2, 0) is 41.6 Å². The summed E-state index contributed by atoms with van der Waals surface area (Å²) in [5, 5.41) is 4.27. The molecule has 0 spiro atoms. The van der Waals surface area contributed by atoms with E-state index in [4.69, 9.17) is 42.3 Å². The Morgan fingerprint density at radius 2 is 0.983 bits per heavy atom. The highest BCUT2D eigenvalue weighted by molar-refractivity contribution is 8.17. The average molecular weight is 844 g/mol. The van der Waals surface area contributed by atoms with E-state index in [0.29, 0.717) is 5.13 Å². The van der Waals surface area contributed by atoms with E-state index in [9.17, 15) is 0 Å². The number of hydrogen-bond acceptors (Lipinski definition) is 9. The summed E-state index contributed by atoms with van der Waals surface area (Å²) in [5.41, 5.74) is 6.15. The maximum absolute atomic E-state index is 15.0. The molecule has 58 heavy (non-hydrogen) atoms. The van der Waals surface area contributed by atoms with Gasteiger partial charge in [-0.1, -0.05) is 205 Å². The van der Waals surface area contributed by atoms with Crippen molar-refractivity contribution in [1.82, 2.24) is 10.5 Å². The molecule has 0 aliphatic heterocycles. The van der Waals surface area contributed by atoms with Gasteiger partial charge in [-0.2, -0.15) is 5.48 Å². The molecule has 2 N–H and O–H groups in total. The summed E-state index contributed by atoms with van der Waals surface area (Å²) in [7, 11) is 0. The summed E-state index contributed by atoms with van der Waals surface area (Å²) < 4.78 is 12.3. The van der Waals surface area contributed by atoms with Gasteiger partial charge in [0.15, 0.2) is 10.7 Å². The SMILES string of the molecule is CCOP(=S)(OCC)C(=O)C(NOC(c1ccccc1)(c1ccccc1)c1ccccc1)c1nc(NC(c2ccccc2)(c2ccccc2)c2ccccc2)sc1Cl. The zero-order chi connectivity index (χ0) is 40.4. The summed E-state index contributed by atoms with van der Waals surface area (Å²) >= 11 is 14.4. The largest absolute Gasteiger partial charge is 0.344 e. The third kappa shape index (κ3) is 8.36. The minimum Gasteiger partial charge on any atom is -0.344 e. The van der Waals surface area contributed by atoms with Crippen molar-refractivity contribution < 1.29 is 18.7 Å². The van der Waals surface area contributed by atoms with Gasteiger partial charge in [0.2, 0.25) is 5.52 Å². The molecule has 0 aliphatic carbocycles. The number of thiazole rings is 1. The standard InChI is InChI=1S/C47H43ClN3O4PS2/c1-3-53-56(57,54-4-2)44(52)42(51-55-47(38-29-17-8-18-30-38,39-31-19-9-20-32-39)40-33-21-10-22-34-40)41-43(48)58-45(49-41)50-46(35-23-11-5-12-24-35,36-25-13-6-14-26-36)37-27-15-7-16-28-37/h5-34,42,51H,3-4H2,1-2H3,(H,49,50). The van der Waals surface area contributed by atoms with E-state index < -0.39 is 29.2 Å². The molecule has 11 heteroatoms. The van der Waals surface area contributed by atoms with Gasteiger partial charge in [0.05, 0.1) is 18.9 Å². The van der Waals surface area contributed by atoms with Crippen molar-refractivity contribution in [2.24, 2.45) is 0 Å². The van der Waals surface area contributed by atoms with Crippen molar-refractivity contribution >= 4 is 51.9 Å². The number of aromatic nitrogens is 1. The van der Waals surface area contributed by atoms with Gasteiger partial charge in [-0.15, -0.1) is 0 Å². The smallest absolute Gasteiger partial charge is 0.257 e. The van der Waals surface area contributed by atoms with Crippen molar-refractivity contribution in [3.63, 3.8) is 0 Å². The summed E-state index contributed by atoms with van der Waals surface area (Å²) in [6.07, 6.45) is 0. The first-order valence-electron chi connectivity index (χ1n) is 19.0. The average Bonchev–Trinajstić information content (AvgIpc) is 3.65. The van der Waals surface area contributed by atoms with Crippen molar-refractivity contribution in [3.05, 3.63) is 225 Å². The zero-order valence-electron chi connectivity index (χ0n) is 32.0. The maximum Gasteiger partial charge on any atom is 0.257 e. The zero-order valence-corrected chi connectivity index (χ0v) is 35.3. The van der Waals surface area contributed by atoms with E-state index in [2.05, 4.69) is 47.2 Å². The van der Waals surface area contributed by atoms with Gasteiger partial charge in [0, 0.05) is 0 Å². The number of halogens is 1. The van der Waals surface area contributed by atoms with Gasteiger partial charge >= 0.3 is 0 Å². The van der Waals surface area contributed by atoms with Crippen LogP contribution < -0.4 is 10.8 Å². The van der Waals surface area contributed by atoms with Crippen LogP contribution >= 0.6 is 29.4 Å². The molecule has 0 saturated heterocycles. The molecule has 1 aromatic heterocycles. The summed E-state index contributed by atoms with van der Waals surface area (Å²) in [4.78, 5) is 27.2. The second-order valence-corrected chi connectivity index (χ2v) is 18.2. The Hall–Kier alpha value is -4.80. The first kappa shape index (κ1) is 41.4. The topological polar surface area (TPSA) is 81.7 Å². The molecule has 0 amide bonds. The van der Waals surface area contributed by atoms with E-state index in [1.54, 1.807) is 13.8 Å². The van der Waals surface area contributed by atoms with E-state index in [1.807, 2.05) is 146 Å². The third-order valence-corrected chi connectivity index (χ3v) is 14.2. The number of rotatable bonds is 18. The quantitative estimate of drug-likeness (QED) is 0.0502. The molecular formula is C47H43ClN3O4PS2. The highest BCUT2D eigenvalue weighted by atomic mass is 35.5. The maximum atomic E-state index is 15.0. The third-order valence-electron chi connectivity index (χ3n) is 9.78. The van der Waals surface area contributed by atoms with Gasteiger partial charge < -0.3 is 14.4 Å². The van der Waals surface area contributed by atoms with Crippen LogP contribution in [0.1, 0.15) is 59.0 Å². The molecule has 0 fully saturated rings. The lowest BCUT2D eigenvalue weighted by Crippen LogP contribution is -2.41. The Morgan fingerprint density at radius 1 is 0.638 bits per heavy atom. The predicted octanol–water partition coefficient (Wildman–Crippen LogP) is 11.7. The molecular weight excluding hydrogens is 801 g/mol. The molecule has 0 saturated carbocycles. The molecule has 1 heterocycles. The number of nitrogens with one attached hydrogen (secondary N) is 2. The first-order valence-corrected chi connectivity index (χ1v) is 22.8. The van der Waals surface area contributed by atoms with Gasteiger partial charge in [-0.05, 0) is 59.0 Å². The lowest BCUT2D eigenvalue weighted by molar-refractivity contribution is -0.126. The summed E-state index contributed by atoms with van der Waals surface area (Å²) in [5.74, 6) is 0. The molecule has 1 unspecified atom stereocenters. The van der Waals surface area contributed by atoms with Crippen molar-refractivity contribution in [2.45, 2.75) is 31.0 Å². The lowest BCUT2D eigenvalue weighted by atomic mass is 9.77. The first-order chi connectivity index (χ1) is 28.4. The Labute approximate surface area is 354 Å². The van der Waals surface area contributed by atoms with Crippen LogP contribution in [0.3, 0.4) is 0 Å². The van der Waals surface area contributed by atoms with Crippen molar-refractivity contribution in [2.75, 3.05) is 18.5 Å². The molecule has 7 nitrogen and oxygen atoms in total. The van der Waals surface area contributed by atoms with E-state index in [1.165, 1.54) is 11.3 Å². The fraction of sp³-hybridized carbons (Fsp3) is 0.149. The summed E-state index contributed by atoms with van der Waals surface area (Å²) in [6.45, 7) is 0.321. The van der Waals surface area contributed by atoms with E-state index in [-0.39, 0.29) is 23.2 Å². The van der Waals surface area contributed by atoms with E-state index >= 15 is 4.79 Å². The van der Waals surface area contributed by atoms with Crippen LogP contribution in [0.5, 0.6) is 0 Å². The second kappa shape index (κ2) is 18.9. The molecule has 0 bridgehead atoms. The number of benzene rings is 6. The number of nitrogens with zero attached hydrogens (tertiary/aromatic N) is 1. The highest BCUT2D eigenvalue weighted by Gasteiger charge is 2.44. The van der Waals surface area contributed by atoms with Crippen LogP contribution in [0.4, 0.5) is 5.13 Å². The van der Waals surface area contributed by atoms with Gasteiger partial charge in [-0.3, -0.25) is 9.63 Å². The van der Waals surface area contributed by atoms with Crippen LogP contribution in [0.15, 0.2) is 182 Å². The Kier molecular flexibility index (Phi) is 13.4. The normalized spacial score (nSPS) is 12.5. The summed E-state index contributed by atoms with van der Waals surface area (Å²) in [6, 6.07) is 58.9.